The van der Waals surface area contributed by atoms with Crippen LogP contribution in [-0.4, -0.2) is 5.78 Å². The third-order valence-corrected chi connectivity index (χ3v) is 2.38. The molecule has 78 valence electrons. The summed E-state index contributed by atoms with van der Waals surface area (Å²) >= 11 is 0. The molecular weight excluding hydrogens is 160 g/mol. The van der Waals surface area contributed by atoms with Crippen molar-refractivity contribution in [2.24, 2.45) is 11.3 Å². The molecule has 0 aromatic heterocycles. The molecule has 0 N–H and O–H groups in total. The summed E-state index contributed by atoms with van der Waals surface area (Å²) in [5, 5.41) is 0. The van der Waals surface area contributed by atoms with Crippen LogP contribution in [0.15, 0.2) is 0 Å². The van der Waals surface area contributed by atoms with Crippen LogP contribution in [0.4, 0.5) is 0 Å². The van der Waals surface area contributed by atoms with Crippen LogP contribution in [0, 0.1) is 11.3 Å². The normalized spacial score (nSPS) is 14.2. The highest BCUT2D eigenvalue weighted by atomic mass is 16.1. The molecule has 1 nitrogen and oxygen atoms in total. The van der Waals surface area contributed by atoms with Gasteiger partial charge in [-0.2, -0.15) is 0 Å². The van der Waals surface area contributed by atoms with Gasteiger partial charge in [-0.3, -0.25) is 0 Å². The maximum atomic E-state index is 10.7. The summed E-state index contributed by atoms with van der Waals surface area (Å²) in [5.41, 5.74) is 0.435. The van der Waals surface area contributed by atoms with Crippen LogP contribution in [0.25, 0.3) is 0 Å². The molecule has 0 radical (unpaired) electrons. The summed E-state index contributed by atoms with van der Waals surface area (Å²) in [4.78, 5) is 10.7. The fourth-order valence-corrected chi connectivity index (χ4v) is 1.27. The van der Waals surface area contributed by atoms with E-state index in [1.807, 2.05) is 0 Å². The Balaban J connectivity index is 3.52. The van der Waals surface area contributed by atoms with Crippen molar-refractivity contribution in [3.63, 3.8) is 0 Å². The maximum Gasteiger partial charge on any atom is 0.129 e. The van der Waals surface area contributed by atoms with E-state index in [0.717, 1.165) is 12.8 Å². The molecule has 0 saturated carbocycles. The Labute approximate surface area is 82.9 Å². The van der Waals surface area contributed by atoms with Crippen LogP contribution in [0.1, 0.15) is 60.3 Å². The van der Waals surface area contributed by atoms with Gasteiger partial charge in [0.05, 0.1) is 0 Å². The Morgan fingerprint density at radius 1 is 1.23 bits per heavy atom. The predicted octanol–water partition coefficient (Wildman–Crippen LogP) is 3.82. The molecule has 0 aliphatic rings. The minimum atomic E-state index is 0.322. The van der Waals surface area contributed by atoms with Gasteiger partial charge >= 0.3 is 0 Å². The third-order valence-electron chi connectivity index (χ3n) is 2.38. The minimum Gasteiger partial charge on any atom is -0.300 e. The first kappa shape index (κ1) is 12.7. The van der Waals surface area contributed by atoms with E-state index >= 15 is 0 Å². The highest BCUT2D eigenvalue weighted by Crippen LogP contribution is 2.25. The van der Waals surface area contributed by atoms with Crippen molar-refractivity contribution in [1.82, 2.24) is 0 Å². The molecule has 1 heteroatoms. The van der Waals surface area contributed by atoms with Gasteiger partial charge in [0.1, 0.15) is 5.78 Å². The standard InChI is InChI=1S/C12H24O/c1-10(6-7-11(2)13)8-9-12(3,4)5/h10H,6-9H2,1-5H3/t10-/m1/s1. The molecular formula is C12H24O. The van der Waals surface area contributed by atoms with Gasteiger partial charge in [-0.05, 0) is 31.1 Å². The maximum absolute atomic E-state index is 10.7. The molecule has 0 unspecified atom stereocenters. The lowest BCUT2D eigenvalue weighted by atomic mass is 9.86. The molecule has 0 aromatic rings. The van der Waals surface area contributed by atoms with Crippen LogP contribution in [0.3, 0.4) is 0 Å². The Kier molecular flexibility index (Phi) is 5.27. The molecule has 0 aliphatic heterocycles. The average Bonchev–Trinajstić information content (AvgIpc) is 1.95. The van der Waals surface area contributed by atoms with Gasteiger partial charge in [0.15, 0.2) is 0 Å². The summed E-state index contributed by atoms with van der Waals surface area (Å²) in [6.45, 7) is 10.7. The number of ketones is 1. The summed E-state index contributed by atoms with van der Waals surface area (Å²) in [7, 11) is 0. The van der Waals surface area contributed by atoms with Gasteiger partial charge in [0.25, 0.3) is 0 Å². The fourth-order valence-electron chi connectivity index (χ4n) is 1.27. The van der Waals surface area contributed by atoms with Crippen LogP contribution < -0.4 is 0 Å². The highest BCUT2D eigenvalue weighted by molar-refractivity contribution is 5.75. The van der Waals surface area contributed by atoms with Crippen molar-refractivity contribution in [3.05, 3.63) is 0 Å². The first-order chi connectivity index (χ1) is 5.81. The molecule has 1 atom stereocenters. The Bertz CT molecular complexity index is 153. The van der Waals surface area contributed by atoms with E-state index in [1.54, 1.807) is 6.92 Å². The van der Waals surface area contributed by atoms with Crippen molar-refractivity contribution in [2.75, 3.05) is 0 Å². The largest absolute Gasteiger partial charge is 0.300 e. The topological polar surface area (TPSA) is 17.1 Å². The number of hydrogen-bond donors (Lipinski definition) is 0. The zero-order valence-electron chi connectivity index (χ0n) is 9.81. The van der Waals surface area contributed by atoms with Gasteiger partial charge < -0.3 is 4.79 Å². The molecule has 0 bridgehead atoms. The number of hydrogen-bond acceptors (Lipinski definition) is 1. The summed E-state index contributed by atoms with van der Waals surface area (Å²) in [5.74, 6) is 1.02. The van der Waals surface area contributed by atoms with Crippen molar-refractivity contribution in [3.8, 4) is 0 Å². The second-order valence-electron chi connectivity index (χ2n) is 5.45. The van der Waals surface area contributed by atoms with Gasteiger partial charge in [-0.15, -0.1) is 0 Å². The SMILES string of the molecule is CC(=O)CC[C@@H](C)CCC(C)(C)C. The Hall–Kier alpha value is -0.330. The van der Waals surface area contributed by atoms with Crippen molar-refractivity contribution in [2.45, 2.75) is 60.3 Å². The zero-order valence-corrected chi connectivity index (χ0v) is 9.81. The third kappa shape index (κ3) is 9.59. The number of Topliss-reactive ketones (excluding diaryl/α,β-unsaturated/α-hetero) is 1. The smallest absolute Gasteiger partial charge is 0.129 e. The van der Waals surface area contributed by atoms with E-state index in [0.29, 0.717) is 17.1 Å². The molecule has 0 heterocycles. The molecule has 0 fully saturated rings. The van der Waals surface area contributed by atoms with E-state index in [9.17, 15) is 4.79 Å². The van der Waals surface area contributed by atoms with Crippen LogP contribution in [0.5, 0.6) is 0 Å². The van der Waals surface area contributed by atoms with Crippen molar-refractivity contribution < 1.29 is 4.79 Å². The number of carbonyl (C=O) groups is 1. The first-order valence-corrected chi connectivity index (χ1v) is 5.31. The van der Waals surface area contributed by atoms with Crippen LogP contribution in [0.2, 0.25) is 0 Å². The van der Waals surface area contributed by atoms with Crippen molar-refractivity contribution in [1.29, 1.82) is 0 Å². The molecule has 0 saturated heterocycles. The van der Waals surface area contributed by atoms with Crippen LogP contribution in [-0.2, 0) is 4.79 Å². The Morgan fingerprint density at radius 2 is 1.77 bits per heavy atom. The second kappa shape index (κ2) is 5.41. The van der Waals surface area contributed by atoms with E-state index in [4.69, 9.17) is 0 Å². The Morgan fingerprint density at radius 3 is 2.15 bits per heavy atom. The lowest BCUT2D eigenvalue weighted by molar-refractivity contribution is -0.117. The average molecular weight is 184 g/mol. The minimum absolute atomic E-state index is 0.322. The first-order valence-electron chi connectivity index (χ1n) is 5.31. The van der Waals surface area contributed by atoms with E-state index in [1.165, 1.54) is 12.8 Å². The number of rotatable bonds is 5. The lowest BCUT2D eigenvalue weighted by Gasteiger charge is -2.20. The van der Waals surface area contributed by atoms with E-state index in [-0.39, 0.29) is 0 Å². The molecule has 0 aliphatic carbocycles. The zero-order chi connectivity index (χ0) is 10.5. The fraction of sp³-hybridized carbons (Fsp3) is 0.917. The summed E-state index contributed by atoms with van der Waals surface area (Å²) in [6, 6.07) is 0. The van der Waals surface area contributed by atoms with E-state index < -0.39 is 0 Å². The molecule has 0 spiro atoms. The second-order valence-corrected chi connectivity index (χ2v) is 5.45. The molecule has 13 heavy (non-hydrogen) atoms. The van der Waals surface area contributed by atoms with Gasteiger partial charge in [-0.1, -0.05) is 34.1 Å². The predicted molar refractivity (Wildman–Crippen MR) is 57.8 cm³/mol. The summed E-state index contributed by atoms with van der Waals surface area (Å²) in [6.07, 6.45) is 4.32. The molecule has 0 amide bonds. The molecule has 0 rings (SSSR count). The molecule has 0 aromatic carbocycles. The summed E-state index contributed by atoms with van der Waals surface area (Å²) < 4.78 is 0. The lowest BCUT2D eigenvalue weighted by Crippen LogP contribution is -2.08. The van der Waals surface area contributed by atoms with Gasteiger partial charge in [0, 0.05) is 6.42 Å². The van der Waals surface area contributed by atoms with E-state index in [2.05, 4.69) is 27.7 Å². The highest BCUT2D eigenvalue weighted by Gasteiger charge is 2.12. The number of carbonyl (C=O) groups excluding carboxylic acids is 1. The monoisotopic (exact) mass is 184 g/mol. The van der Waals surface area contributed by atoms with Crippen LogP contribution >= 0.6 is 0 Å². The van der Waals surface area contributed by atoms with Gasteiger partial charge in [-0.25, -0.2) is 0 Å². The van der Waals surface area contributed by atoms with Gasteiger partial charge in [0.2, 0.25) is 0 Å². The quantitative estimate of drug-likeness (QED) is 0.635. The van der Waals surface area contributed by atoms with Crippen molar-refractivity contribution >= 4 is 5.78 Å².